The molecule has 0 bridgehead atoms. The highest BCUT2D eigenvalue weighted by Crippen LogP contribution is 2.20. The summed E-state index contributed by atoms with van der Waals surface area (Å²) in [5.74, 6) is -1.35. The van der Waals surface area contributed by atoms with Crippen LogP contribution in [-0.4, -0.2) is 25.8 Å². The molecule has 2 N–H and O–H groups in total. The number of hydrogen-bond acceptors (Lipinski definition) is 4. The number of nitrogens with one attached hydrogen (secondary N) is 1. The lowest BCUT2D eigenvalue weighted by Crippen LogP contribution is -2.09. The number of aryl methyl sites for hydroxylation is 1. The molecule has 18 heavy (non-hydrogen) atoms. The van der Waals surface area contributed by atoms with E-state index in [1.54, 1.807) is 7.05 Å². The molecule has 0 spiro atoms. The maximum atomic E-state index is 13.5. The van der Waals surface area contributed by atoms with Crippen LogP contribution in [0.25, 0.3) is 0 Å². The molecule has 6 nitrogen and oxygen atoms in total. The van der Waals surface area contributed by atoms with Gasteiger partial charge in [-0.25, -0.2) is 14.2 Å². The predicted octanol–water partition coefficient (Wildman–Crippen LogP) is 1.26. The summed E-state index contributed by atoms with van der Waals surface area (Å²) in [7, 11) is 1.71. The normalized spacial score (nSPS) is 10.3. The number of carboxylic acid groups (broad SMARTS) is 1. The topological polar surface area (TPSA) is 80.0 Å². The van der Waals surface area contributed by atoms with Crippen molar-refractivity contribution in [2.45, 2.75) is 6.54 Å². The van der Waals surface area contributed by atoms with E-state index in [0.717, 1.165) is 0 Å². The van der Waals surface area contributed by atoms with Crippen LogP contribution < -0.4 is 5.32 Å². The van der Waals surface area contributed by atoms with E-state index >= 15 is 0 Å². The number of aromatic nitrogens is 3. The average molecular weight is 250 g/mol. The largest absolute Gasteiger partial charge is 0.478 e. The highest BCUT2D eigenvalue weighted by Gasteiger charge is 2.14. The first-order valence-corrected chi connectivity index (χ1v) is 5.18. The number of anilines is 1. The molecule has 0 saturated heterocycles. The molecule has 7 heteroatoms. The molecule has 0 unspecified atom stereocenters. The Morgan fingerprint density at radius 1 is 1.56 bits per heavy atom. The zero-order valence-electron chi connectivity index (χ0n) is 9.59. The zero-order chi connectivity index (χ0) is 13.1. The second-order valence-electron chi connectivity index (χ2n) is 3.66. The Kier molecular flexibility index (Phi) is 3.22. The van der Waals surface area contributed by atoms with Gasteiger partial charge in [-0.2, -0.15) is 5.10 Å². The van der Waals surface area contributed by atoms with Gasteiger partial charge in [-0.1, -0.05) is 6.07 Å². The van der Waals surface area contributed by atoms with Gasteiger partial charge in [0, 0.05) is 7.05 Å². The highest BCUT2D eigenvalue weighted by molar-refractivity contribution is 5.94. The minimum atomic E-state index is -1.19. The van der Waals surface area contributed by atoms with Gasteiger partial charge in [-0.05, 0) is 12.1 Å². The number of carboxylic acids is 1. The number of hydrogen-bond donors (Lipinski definition) is 2. The molecule has 0 amide bonds. The quantitative estimate of drug-likeness (QED) is 0.854. The summed E-state index contributed by atoms with van der Waals surface area (Å²) in [6, 6.07) is 3.88. The van der Waals surface area contributed by atoms with Gasteiger partial charge < -0.3 is 10.4 Å². The molecule has 0 saturated carbocycles. The highest BCUT2D eigenvalue weighted by atomic mass is 19.1. The fraction of sp³-hybridized carbons (Fsp3) is 0.182. The number of aromatic carboxylic acids is 1. The molecular formula is C11H11FN4O2. The number of para-hydroxylation sites is 1. The summed E-state index contributed by atoms with van der Waals surface area (Å²) in [5, 5.41) is 15.7. The Balaban J connectivity index is 2.20. The second kappa shape index (κ2) is 4.82. The third kappa shape index (κ3) is 2.45. The standard InChI is InChI=1S/C11H11FN4O2/c1-16-6-14-9(15-16)5-13-10-7(11(17)18)3-2-4-8(10)12/h2-4,6,13H,5H2,1H3,(H,17,18). The van der Waals surface area contributed by atoms with Crippen molar-refractivity contribution in [1.82, 2.24) is 14.8 Å². The van der Waals surface area contributed by atoms with Crippen LogP contribution in [0, 0.1) is 5.82 Å². The molecule has 2 rings (SSSR count). The zero-order valence-corrected chi connectivity index (χ0v) is 9.59. The van der Waals surface area contributed by atoms with Crippen LogP contribution in [0.3, 0.4) is 0 Å². The lowest BCUT2D eigenvalue weighted by atomic mass is 10.1. The van der Waals surface area contributed by atoms with Crippen LogP contribution in [0.4, 0.5) is 10.1 Å². The number of halogens is 1. The fourth-order valence-electron chi connectivity index (χ4n) is 1.51. The van der Waals surface area contributed by atoms with Crippen LogP contribution in [0.1, 0.15) is 16.2 Å². The Morgan fingerprint density at radius 3 is 2.94 bits per heavy atom. The van der Waals surface area contributed by atoms with Gasteiger partial charge in [0.25, 0.3) is 0 Å². The number of nitrogens with zero attached hydrogens (tertiary/aromatic N) is 3. The Bertz CT molecular complexity index is 582. The summed E-state index contributed by atoms with van der Waals surface area (Å²) in [6.07, 6.45) is 1.51. The molecule has 0 aliphatic carbocycles. The number of carbonyl (C=O) groups is 1. The van der Waals surface area contributed by atoms with Crippen molar-refractivity contribution in [2.24, 2.45) is 7.05 Å². The Morgan fingerprint density at radius 2 is 2.33 bits per heavy atom. The van der Waals surface area contributed by atoms with Crippen molar-refractivity contribution in [3.8, 4) is 0 Å². The van der Waals surface area contributed by atoms with Crippen molar-refractivity contribution < 1.29 is 14.3 Å². The maximum Gasteiger partial charge on any atom is 0.337 e. The maximum absolute atomic E-state index is 13.5. The van der Waals surface area contributed by atoms with Gasteiger partial charge in [0.2, 0.25) is 0 Å². The van der Waals surface area contributed by atoms with Crippen molar-refractivity contribution in [3.63, 3.8) is 0 Å². The van der Waals surface area contributed by atoms with Crippen molar-refractivity contribution >= 4 is 11.7 Å². The molecule has 0 aliphatic rings. The third-order valence-corrected chi connectivity index (χ3v) is 2.31. The first-order chi connectivity index (χ1) is 8.58. The smallest absolute Gasteiger partial charge is 0.337 e. The van der Waals surface area contributed by atoms with Crippen LogP contribution in [0.5, 0.6) is 0 Å². The van der Waals surface area contributed by atoms with E-state index in [-0.39, 0.29) is 17.8 Å². The van der Waals surface area contributed by atoms with E-state index in [4.69, 9.17) is 5.11 Å². The molecule has 1 aromatic heterocycles. The summed E-state index contributed by atoms with van der Waals surface area (Å²) < 4.78 is 15.1. The number of rotatable bonds is 4. The van der Waals surface area contributed by atoms with Gasteiger partial charge in [0.1, 0.15) is 12.1 Å². The first kappa shape index (κ1) is 12.0. The lowest BCUT2D eigenvalue weighted by molar-refractivity contribution is 0.0697. The van der Waals surface area contributed by atoms with Crippen molar-refractivity contribution in [1.29, 1.82) is 0 Å². The Labute approximate surface area is 102 Å². The predicted molar refractivity (Wildman–Crippen MR) is 61.7 cm³/mol. The van der Waals surface area contributed by atoms with Gasteiger partial charge >= 0.3 is 5.97 Å². The monoisotopic (exact) mass is 250 g/mol. The van der Waals surface area contributed by atoms with E-state index in [1.807, 2.05) is 0 Å². The summed E-state index contributed by atoms with van der Waals surface area (Å²) in [5.41, 5.74) is -0.177. The molecule has 0 aliphatic heterocycles. The lowest BCUT2D eigenvalue weighted by Gasteiger charge is -2.08. The van der Waals surface area contributed by atoms with E-state index in [0.29, 0.717) is 5.82 Å². The number of benzene rings is 1. The minimum Gasteiger partial charge on any atom is -0.478 e. The molecule has 1 aromatic carbocycles. The van der Waals surface area contributed by atoms with Gasteiger partial charge in [0.05, 0.1) is 17.8 Å². The van der Waals surface area contributed by atoms with Crippen LogP contribution in [0.15, 0.2) is 24.5 Å². The second-order valence-corrected chi connectivity index (χ2v) is 3.66. The fourth-order valence-corrected chi connectivity index (χ4v) is 1.51. The molecule has 0 fully saturated rings. The average Bonchev–Trinajstić information content (AvgIpc) is 2.73. The first-order valence-electron chi connectivity index (χ1n) is 5.18. The Hall–Kier alpha value is -2.44. The molecule has 0 radical (unpaired) electrons. The van der Waals surface area contributed by atoms with Crippen LogP contribution >= 0.6 is 0 Å². The van der Waals surface area contributed by atoms with E-state index in [9.17, 15) is 9.18 Å². The van der Waals surface area contributed by atoms with Gasteiger partial charge in [-0.3, -0.25) is 4.68 Å². The van der Waals surface area contributed by atoms with Gasteiger partial charge in [-0.15, -0.1) is 0 Å². The SMILES string of the molecule is Cn1cnc(CNc2c(F)cccc2C(=O)O)n1. The third-order valence-electron chi connectivity index (χ3n) is 2.31. The molecular weight excluding hydrogens is 239 g/mol. The molecule has 0 atom stereocenters. The van der Waals surface area contributed by atoms with E-state index < -0.39 is 11.8 Å². The van der Waals surface area contributed by atoms with Crippen LogP contribution in [0.2, 0.25) is 0 Å². The summed E-state index contributed by atoms with van der Waals surface area (Å²) >= 11 is 0. The van der Waals surface area contributed by atoms with Gasteiger partial charge in [0.15, 0.2) is 5.82 Å². The van der Waals surface area contributed by atoms with Crippen molar-refractivity contribution in [2.75, 3.05) is 5.32 Å². The van der Waals surface area contributed by atoms with E-state index in [2.05, 4.69) is 15.4 Å². The molecule has 2 aromatic rings. The van der Waals surface area contributed by atoms with Crippen molar-refractivity contribution in [3.05, 3.63) is 41.7 Å². The molecule has 94 valence electrons. The summed E-state index contributed by atoms with van der Waals surface area (Å²) in [4.78, 5) is 14.9. The van der Waals surface area contributed by atoms with E-state index in [1.165, 1.54) is 29.2 Å². The minimum absolute atomic E-state index is 0.0579. The summed E-state index contributed by atoms with van der Waals surface area (Å²) in [6.45, 7) is 0.155. The molecule has 1 heterocycles. The van der Waals surface area contributed by atoms with Crippen LogP contribution in [-0.2, 0) is 13.6 Å².